The van der Waals surface area contributed by atoms with Gasteiger partial charge in [0.2, 0.25) is 0 Å². The number of fused-ring (bicyclic) bond motifs is 1. The van der Waals surface area contributed by atoms with Crippen molar-refractivity contribution < 1.29 is 9.72 Å². The smallest absolute Gasteiger partial charge is 0.269 e. The number of nitro benzene ring substituents is 1. The fraction of sp³-hybridized carbons (Fsp3) is 0.136. The number of amides is 1. The molecule has 8 nitrogen and oxygen atoms in total. The Bertz CT molecular complexity index is 1270. The molecule has 0 atom stereocenters. The topological polar surface area (TPSA) is 94.2 Å². The monoisotopic (exact) mass is 503 g/mol. The van der Waals surface area contributed by atoms with Gasteiger partial charge in [0, 0.05) is 48.7 Å². The van der Waals surface area contributed by atoms with Crippen molar-refractivity contribution >= 4 is 68.4 Å². The second kappa shape index (κ2) is 11.0. The molecule has 0 saturated carbocycles. The van der Waals surface area contributed by atoms with Crippen LogP contribution in [0.1, 0.15) is 12.0 Å². The van der Waals surface area contributed by atoms with Crippen LogP contribution in [0.25, 0.3) is 16.3 Å². The van der Waals surface area contributed by atoms with E-state index < -0.39 is 4.92 Å². The highest BCUT2D eigenvalue weighted by molar-refractivity contribution is 7.22. The zero-order valence-corrected chi connectivity index (χ0v) is 19.6. The van der Waals surface area contributed by atoms with Crippen molar-refractivity contribution in [1.82, 2.24) is 14.5 Å². The number of hydrogen-bond donors (Lipinski definition) is 0. The van der Waals surface area contributed by atoms with Gasteiger partial charge in [-0.3, -0.25) is 19.8 Å². The number of halogens is 2. The van der Waals surface area contributed by atoms with E-state index in [2.05, 4.69) is 9.97 Å². The minimum Gasteiger partial charge on any atom is -0.337 e. The summed E-state index contributed by atoms with van der Waals surface area (Å²) in [5.41, 5.74) is 1.47. The van der Waals surface area contributed by atoms with Crippen molar-refractivity contribution in [1.29, 1.82) is 0 Å². The Labute approximate surface area is 204 Å². The highest BCUT2D eigenvalue weighted by atomic mass is 35.5. The largest absolute Gasteiger partial charge is 0.337 e. The lowest BCUT2D eigenvalue weighted by molar-refractivity contribution is -0.384. The molecule has 0 aliphatic carbocycles. The van der Waals surface area contributed by atoms with Crippen molar-refractivity contribution in [3.63, 3.8) is 0 Å². The Balaban J connectivity index is 0.00000306. The maximum Gasteiger partial charge on any atom is 0.269 e. The summed E-state index contributed by atoms with van der Waals surface area (Å²) in [6.07, 6.45) is 9.13. The molecule has 33 heavy (non-hydrogen) atoms. The Kier molecular flexibility index (Phi) is 8.16. The molecule has 0 aliphatic rings. The number of anilines is 1. The fourth-order valence-corrected chi connectivity index (χ4v) is 4.37. The average Bonchev–Trinajstić information content (AvgIpc) is 3.44. The quantitative estimate of drug-likeness (QED) is 0.177. The number of carbonyl (C=O) groups is 1. The lowest BCUT2D eigenvalue weighted by atomic mass is 10.2. The Morgan fingerprint density at radius 3 is 2.73 bits per heavy atom. The summed E-state index contributed by atoms with van der Waals surface area (Å²) in [6, 6.07) is 11.5. The third-order valence-electron chi connectivity index (χ3n) is 4.72. The van der Waals surface area contributed by atoms with Crippen molar-refractivity contribution in [2.24, 2.45) is 0 Å². The standard InChI is InChI=1S/C22H18ClN5O3S.ClH/c23-17-5-8-19-20(14-17)32-22(25-19)27(12-1-11-26-13-10-24-15-26)21(29)9-4-16-2-6-18(7-3-16)28(30)31;/h2-10,13-15H,1,11-12H2;1H/b9-4+;. The summed E-state index contributed by atoms with van der Waals surface area (Å²) >= 11 is 7.50. The molecule has 2 heterocycles. The molecule has 11 heteroatoms. The summed E-state index contributed by atoms with van der Waals surface area (Å²) in [7, 11) is 0. The van der Waals surface area contributed by atoms with E-state index >= 15 is 0 Å². The minimum absolute atomic E-state index is 0. The maximum atomic E-state index is 13.1. The van der Waals surface area contributed by atoms with Crippen LogP contribution in [0.5, 0.6) is 0 Å². The van der Waals surface area contributed by atoms with Crippen molar-refractivity contribution in [3.05, 3.63) is 88.0 Å². The van der Waals surface area contributed by atoms with Gasteiger partial charge in [-0.25, -0.2) is 9.97 Å². The molecule has 170 valence electrons. The van der Waals surface area contributed by atoms with Crippen LogP contribution in [0, 0.1) is 10.1 Å². The average molecular weight is 504 g/mol. The molecule has 0 radical (unpaired) electrons. The first kappa shape index (κ1) is 24.4. The number of nitro groups is 1. The summed E-state index contributed by atoms with van der Waals surface area (Å²) in [5, 5.41) is 12.0. The van der Waals surface area contributed by atoms with Gasteiger partial charge < -0.3 is 4.57 Å². The van der Waals surface area contributed by atoms with Gasteiger partial charge in [0.1, 0.15) is 0 Å². The van der Waals surface area contributed by atoms with Crippen molar-refractivity contribution in [2.45, 2.75) is 13.0 Å². The predicted octanol–water partition coefficient (Wildman–Crippen LogP) is 5.61. The molecule has 0 spiro atoms. The summed E-state index contributed by atoms with van der Waals surface area (Å²) in [6.45, 7) is 1.18. The molecule has 0 fully saturated rings. The fourth-order valence-electron chi connectivity index (χ4n) is 3.10. The van der Waals surface area contributed by atoms with Crippen molar-refractivity contribution in [3.8, 4) is 0 Å². The lowest BCUT2D eigenvalue weighted by Gasteiger charge is -2.18. The molecule has 0 N–H and O–H groups in total. The number of nitrogens with zero attached hydrogens (tertiary/aromatic N) is 5. The number of aromatic nitrogens is 3. The van der Waals surface area contributed by atoms with E-state index in [0.29, 0.717) is 35.2 Å². The first-order valence-electron chi connectivity index (χ1n) is 9.75. The first-order valence-corrected chi connectivity index (χ1v) is 10.9. The molecule has 4 rings (SSSR count). The predicted molar refractivity (Wildman–Crippen MR) is 133 cm³/mol. The summed E-state index contributed by atoms with van der Waals surface area (Å²) < 4.78 is 2.85. The van der Waals surface area contributed by atoms with Crippen molar-refractivity contribution in [2.75, 3.05) is 11.4 Å². The van der Waals surface area contributed by atoms with Crippen LogP contribution in [-0.2, 0) is 11.3 Å². The number of benzene rings is 2. The third kappa shape index (κ3) is 6.16. The Morgan fingerprint density at radius 1 is 1.24 bits per heavy atom. The zero-order chi connectivity index (χ0) is 22.5. The third-order valence-corrected chi connectivity index (χ3v) is 5.99. The molecule has 0 unspecified atom stereocenters. The van der Waals surface area contributed by atoms with E-state index in [1.165, 1.54) is 29.5 Å². The SMILES string of the molecule is Cl.O=C(/C=C/c1ccc([N+](=O)[O-])cc1)N(CCCn1ccnc1)c1nc2ccc(Cl)cc2s1. The molecular weight excluding hydrogens is 485 g/mol. The van der Waals surface area contributed by atoms with Crippen LogP contribution in [-0.4, -0.2) is 31.9 Å². The highest BCUT2D eigenvalue weighted by Gasteiger charge is 2.18. The van der Waals surface area contributed by atoms with Crippen LogP contribution >= 0.6 is 35.3 Å². The molecule has 2 aromatic heterocycles. The van der Waals surface area contributed by atoms with Gasteiger partial charge in [0.15, 0.2) is 5.13 Å². The van der Waals surface area contributed by atoms with Gasteiger partial charge in [-0.15, -0.1) is 12.4 Å². The van der Waals surface area contributed by atoms with Crippen LogP contribution in [0.2, 0.25) is 5.02 Å². The van der Waals surface area contributed by atoms with Crippen LogP contribution in [0.4, 0.5) is 10.8 Å². The number of rotatable bonds is 8. The van der Waals surface area contributed by atoms with E-state index in [9.17, 15) is 14.9 Å². The molecule has 0 saturated heterocycles. The number of thiazole rings is 1. The number of imidazole rings is 1. The lowest BCUT2D eigenvalue weighted by Crippen LogP contribution is -2.30. The van der Waals surface area contributed by atoms with Gasteiger partial charge in [0.05, 0.1) is 21.5 Å². The number of hydrogen-bond acceptors (Lipinski definition) is 6. The summed E-state index contributed by atoms with van der Waals surface area (Å²) in [4.78, 5) is 33.7. The Morgan fingerprint density at radius 2 is 2.03 bits per heavy atom. The Hall–Kier alpha value is -3.27. The van der Waals surface area contributed by atoms with Crippen LogP contribution in [0.3, 0.4) is 0 Å². The van der Waals surface area contributed by atoms with Gasteiger partial charge >= 0.3 is 0 Å². The van der Waals surface area contributed by atoms with Gasteiger partial charge in [0.25, 0.3) is 11.6 Å². The second-order valence-corrected chi connectivity index (χ2v) is 8.38. The van der Waals surface area contributed by atoms with E-state index in [4.69, 9.17) is 11.6 Å². The second-order valence-electron chi connectivity index (χ2n) is 6.93. The first-order chi connectivity index (χ1) is 15.5. The number of non-ortho nitro benzene ring substituents is 1. The molecular formula is C22H19Cl2N5O3S. The zero-order valence-electron chi connectivity index (χ0n) is 17.2. The van der Waals surface area contributed by atoms with E-state index in [1.807, 2.05) is 22.9 Å². The van der Waals surface area contributed by atoms with Crippen LogP contribution < -0.4 is 4.90 Å². The minimum atomic E-state index is -0.458. The summed E-state index contributed by atoms with van der Waals surface area (Å²) in [5.74, 6) is -0.223. The van der Waals surface area contributed by atoms with E-state index in [1.54, 1.807) is 41.7 Å². The van der Waals surface area contributed by atoms with Gasteiger partial charge in [-0.2, -0.15) is 0 Å². The molecule has 2 aromatic carbocycles. The van der Waals surface area contributed by atoms with Gasteiger partial charge in [-0.1, -0.05) is 22.9 Å². The van der Waals surface area contributed by atoms with Gasteiger partial charge in [-0.05, 0) is 48.4 Å². The number of aryl methyl sites for hydroxylation is 1. The van der Waals surface area contributed by atoms with E-state index in [-0.39, 0.29) is 24.0 Å². The van der Waals surface area contributed by atoms with Crippen LogP contribution in [0.15, 0.2) is 67.3 Å². The maximum absolute atomic E-state index is 13.1. The molecule has 0 bridgehead atoms. The highest BCUT2D eigenvalue weighted by Crippen LogP contribution is 2.31. The molecule has 4 aromatic rings. The molecule has 0 aliphatic heterocycles. The normalized spacial score (nSPS) is 10.9. The molecule has 1 amide bonds. The van der Waals surface area contributed by atoms with E-state index in [0.717, 1.165) is 10.2 Å². The number of carbonyl (C=O) groups excluding carboxylic acids is 1.